The number of aryl methyl sites for hydroxylation is 4. The third-order valence-electron chi connectivity index (χ3n) is 11.5. The van der Waals surface area contributed by atoms with Crippen LogP contribution in [-0.4, -0.2) is 51.6 Å². The highest BCUT2D eigenvalue weighted by Gasteiger charge is 2.25. The van der Waals surface area contributed by atoms with Crippen LogP contribution in [0.15, 0.2) is 155 Å². The van der Waals surface area contributed by atoms with E-state index in [9.17, 15) is 4.79 Å². The molecule has 0 bridgehead atoms. The molecule has 3 aromatic heterocycles. The Hall–Kier alpha value is -5.95. The summed E-state index contributed by atoms with van der Waals surface area (Å²) in [6.45, 7) is 11.3. The van der Waals surface area contributed by atoms with Gasteiger partial charge in [0.05, 0.1) is 19.8 Å². The summed E-state index contributed by atoms with van der Waals surface area (Å²) in [6, 6.07) is 47.1. The molecule has 0 aliphatic rings. The van der Waals surface area contributed by atoms with Crippen molar-refractivity contribution < 1.29 is 49.9 Å². The van der Waals surface area contributed by atoms with E-state index < -0.39 is 0 Å². The number of fused-ring (bicyclic) bond motifs is 2. The highest BCUT2D eigenvalue weighted by Crippen LogP contribution is 2.26. The maximum atomic E-state index is 12.8. The van der Waals surface area contributed by atoms with Crippen molar-refractivity contribution in [2.75, 3.05) is 56.0 Å². The number of pyridine rings is 1. The number of hydrogen-bond acceptors (Lipinski definition) is 6. The molecule has 0 saturated heterocycles. The Morgan fingerprint density at radius 3 is 1.84 bits per heavy atom. The van der Waals surface area contributed by atoms with E-state index in [2.05, 4.69) is 140 Å². The Morgan fingerprint density at radius 1 is 0.716 bits per heavy atom. The van der Waals surface area contributed by atoms with Crippen molar-refractivity contribution in [2.24, 2.45) is 14.1 Å². The molecular weight excluding hydrogens is 988 g/mol. The van der Waals surface area contributed by atoms with Crippen LogP contribution in [0.25, 0.3) is 45.5 Å². The van der Waals surface area contributed by atoms with E-state index in [1.54, 1.807) is 0 Å². The zero-order valence-corrected chi connectivity index (χ0v) is 44.0. The SMILES string of the molecule is CCN(CC)c1ccc2cc(-c3n(C)c4ccccc4[n+]3C)c(=O)oc2c1.CC[n+]1ccccc1/C=C/c1ccc(N(C)C)cc1.Cc1ccc(C(=N)c2ccc(N(C)C)cc2)cc1.Cl.[Cl-].[I-]. The molecule has 67 heavy (non-hydrogen) atoms. The van der Waals surface area contributed by atoms with E-state index >= 15 is 0 Å². The monoisotopic (exact) mass is 1050 g/mol. The summed E-state index contributed by atoms with van der Waals surface area (Å²) in [6.07, 6.45) is 6.42. The molecule has 0 atom stereocenters. The minimum atomic E-state index is -0.319. The maximum absolute atomic E-state index is 12.8. The number of imidazole rings is 1. The summed E-state index contributed by atoms with van der Waals surface area (Å²) in [5.74, 6) is 0.833. The van der Waals surface area contributed by atoms with Gasteiger partial charge in [0.2, 0.25) is 5.69 Å². The molecular formula is C55H64Cl2IN7O2. The van der Waals surface area contributed by atoms with E-state index in [1.807, 2.05) is 116 Å². The predicted molar refractivity (Wildman–Crippen MR) is 276 cm³/mol. The number of rotatable bonds is 11. The van der Waals surface area contributed by atoms with Gasteiger partial charge in [0.1, 0.15) is 12.1 Å². The smallest absolute Gasteiger partial charge is 0.351 e. The van der Waals surface area contributed by atoms with Crippen molar-refractivity contribution in [1.82, 2.24) is 4.57 Å². The van der Waals surface area contributed by atoms with Crippen LogP contribution >= 0.6 is 12.4 Å². The summed E-state index contributed by atoms with van der Waals surface area (Å²) in [7, 11) is 12.1. The second-order valence-corrected chi connectivity index (χ2v) is 16.2. The van der Waals surface area contributed by atoms with Gasteiger partial charge in [-0.05, 0) is 100.0 Å². The lowest BCUT2D eigenvalue weighted by Gasteiger charge is -2.20. The number of hydrogen-bond donors (Lipinski definition) is 1. The molecule has 0 fully saturated rings. The molecule has 8 aromatic rings. The lowest BCUT2D eigenvalue weighted by Crippen LogP contribution is -3.00. The largest absolute Gasteiger partial charge is 1.00 e. The fourth-order valence-electron chi connectivity index (χ4n) is 7.69. The van der Waals surface area contributed by atoms with Crippen LogP contribution in [0.4, 0.5) is 17.1 Å². The topological polar surface area (TPSA) is 76.5 Å². The molecule has 0 unspecified atom stereocenters. The average Bonchev–Trinajstić information content (AvgIpc) is 3.57. The standard InChI is InChI=1S/C22H24N3O2.C17H21N2.C16H18N2.2ClH.HI/c1-5-25(6-2)16-12-11-15-13-17(22(26)27-20(15)14-16)21-23(3)18-9-7-8-10-19(18)24(21)4;1-4-19-14-6-5-7-17(19)13-10-15-8-11-16(12-9-15)18(2)3;1-12-4-6-13(7-5-12)16(17)14-8-10-15(11-9-14)18(2)3;;;/h7-14H,5-6H2,1-4H3;5-14H,4H2,1-3H3;4-11,17H,1-3H3;3*1H/q2*+1;;;;/p-2. The number of halogens is 3. The quantitative estimate of drug-likeness (QED) is 0.0877. The molecule has 0 aliphatic heterocycles. The van der Waals surface area contributed by atoms with Crippen LogP contribution in [0.5, 0.6) is 0 Å². The van der Waals surface area contributed by atoms with Crippen molar-refractivity contribution in [3.8, 4) is 11.4 Å². The first-order chi connectivity index (χ1) is 30.8. The summed E-state index contributed by atoms with van der Waals surface area (Å²) in [5.41, 5.74) is 12.6. The van der Waals surface area contributed by atoms with Gasteiger partial charge in [-0.1, -0.05) is 66.2 Å². The van der Waals surface area contributed by atoms with E-state index in [0.29, 0.717) is 16.9 Å². The maximum Gasteiger partial charge on any atom is 0.351 e. The van der Waals surface area contributed by atoms with Crippen molar-refractivity contribution in [3.63, 3.8) is 0 Å². The Bertz CT molecular complexity index is 2880. The van der Waals surface area contributed by atoms with Gasteiger partial charge >= 0.3 is 5.63 Å². The summed E-state index contributed by atoms with van der Waals surface area (Å²) >= 11 is 0. The second-order valence-electron chi connectivity index (χ2n) is 16.2. The third-order valence-corrected chi connectivity index (χ3v) is 11.5. The van der Waals surface area contributed by atoms with Crippen LogP contribution in [0, 0.1) is 12.3 Å². The van der Waals surface area contributed by atoms with Gasteiger partial charge in [0.15, 0.2) is 22.8 Å². The van der Waals surface area contributed by atoms with E-state index in [4.69, 9.17) is 9.83 Å². The molecule has 0 spiro atoms. The molecule has 3 heterocycles. The van der Waals surface area contributed by atoms with Gasteiger partial charge in [-0.15, -0.1) is 12.4 Å². The molecule has 0 radical (unpaired) electrons. The Kier molecular flexibility index (Phi) is 21.3. The highest BCUT2D eigenvalue weighted by atomic mass is 127. The van der Waals surface area contributed by atoms with Crippen molar-refractivity contribution in [1.29, 1.82) is 5.41 Å². The number of nitrogens with zero attached hydrogens (tertiary/aromatic N) is 6. The Morgan fingerprint density at radius 2 is 1.27 bits per heavy atom. The number of benzene rings is 5. The van der Waals surface area contributed by atoms with Crippen LogP contribution < -0.4 is 65.8 Å². The normalized spacial score (nSPS) is 10.4. The molecule has 9 nitrogen and oxygen atoms in total. The Balaban J connectivity index is 0.000000268. The average molecular weight is 1050 g/mol. The number of aromatic nitrogens is 3. The zero-order valence-electron chi connectivity index (χ0n) is 40.3. The van der Waals surface area contributed by atoms with Gasteiger partial charge in [0.25, 0.3) is 5.82 Å². The first-order valence-electron chi connectivity index (χ1n) is 22.0. The summed E-state index contributed by atoms with van der Waals surface area (Å²) in [5, 5.41) is 9.13. The van der Waals surface area contributed by atoms with Crippen LogP contribution in [0.3, 0.4) is 0 Å². The van der Waals surface area contributed by atoms with Crippen LogP contribution in [0.2, 0.25) is 0 Å². The molecule has 0 aliphatic carbocycles. The minimum Gasteiger partial charge on any atom is -1.00 e. The molecule has 0 amide bonds. The minimum absolute atomic E-state index is 0. The molecule has 8 rings (SSSR count). The lowest BCUT2D eigenvalue weighted by molar-refractivity contribution is -0.695. The lowest BCUT2D eigenvalue weighted by atomic mass is 10.0. The second kappa shape index (κ2) is 25.8. The predicted octanol–water partition coefficient (Wildman–Crippen LogP) is 4.76. The molecule has 12 heteroatoms. The first-order valence-corrected chi connectivity index (χ1v) is 22.0. The third kappa shape index (κ3) is 13.6. The van der Waals surface area contributed by atoms with Crippen LogP contribution in [0.1, 0.15) is 48.7 Å². The van der Waals surface area contributed by atoms with Crippen molar-refractivity contribution in [2.45, 2.75) is 34.2 Å². The highest BCUT2D eigenvalue weighted by molar-refractivity contribution is 6.11. The fourth-order valence-corrected chi connectivity index (χ4v) is 7.69. The summed E-state index contributed by atoms with van der Waals surface area (Å²) in [4.78, 5) is 19.2. The molecule has 1 N–H and O–H groups in total. The van der Waals surface area contributed by atoms with Gasteiger partial charge < -0.3 is 55.5 Å². The van der Waals surface area contributed by atoms with E-state index in [-0.39, 0.29) is 54.4 Å². The first kappa shape index (κ1) is 55.4. The number of nitrogens with one attached hydrogen (secondary N) is 1. The fraction of sp³-hybridized carbons (Fsp3) is 0.236. The van der Waals surface area contributed by atoms with Gasteiger partial charge in [0, 0.05) is 99.1 Å². The summed E-state index contributed by atoms with van der Waals surface area (Å²) < 4.78 is 12.0. The van der Waals surface area contributed by atoms with Gasteiger partial charge in [-0.2, -0.15) is 4.57 Å². The molecule has 0 saturated carbocycles. The van der Waals surface area contributed by atoms with E-state index in [0.717, 1.165) is 64.4 Å². The Labute approximate surface area is 426 Å². The molecule has 5 aromatic carbocycles. The van der Waals surface area contributed by atoms with Crippen molar-refractivity contribution >= 4 is 69.3 Å². The van der Waals surface area contributed by atoms with Gasteiger partial charge in [-0.25, -0.2) is 13.9 Å². The van der Waals surface area contributed by atoms with Crippen molar-refractivity contribution in [3.05, 3.63) is 184 Å². The van der Waals surface area contributed by atoms with E-state index in [1.165, 1.54) is 22.5 Å². The molecule has 352 valence electrons. The number of anilines is 3. The number of para-hydroxylation sites is 2. The van der Waals surface area contributed by atoms with Crippen LogP contribution in [-0.2, 0) is 20.6 Å². The zero-order chi connectivity index (χ0) is 45.9. The van der Waals surface area contributed by atoms with Gasteiger partial charge in [-0.3, -0.25) is 5.41 Å².